The highest BCUT2D eigenvalue weighted by Gasteiger charge is 2.21. The van der Waals surface area contributed by atoms with Crippen molar-refractivity contribution < 1.29 is 9.90 Å². The lowest BCUT2D eigenvalue weighted by Gasteiger charge is -2.17. The number of hydrogen-bond donors (Lipinski definition) is 3. The van der Waals surface area contributed by atoms with E-state index in [9.17, 15) is 20.0 Å². The Hall–Kier alpha value is -4.48. The van der Waals surface area contributed by atoms with Gasteiger partial charge in [0.25, 0.3) is 11.5 Å². The Balaban J connectivity index is 1.58. The zero-order chi connectivity index (χ0) is 25.9. The van der Waals surface area contributed by atoms with Crippen molar-refractivity contribution in [2.45, 2.75) is 32.7 Å². The number of aliphatic hydroxyl groups excluding tert-OH is 1. The van der Waals surface area contributed by atoms with Crippen LogP contribution in [0.1, 0.15) is 35.3 Å². The number of amides is 1. The molecule has 0 bridgehead atoms. The molecule has 0 unspecified atom stereocenters. The molecule has 1 heterocycles. The summed E-state index contributed by atoms with van der Waals surface area (Å²) in [7, 11) is 0. The summed E-state index contributed by atoms with van der Waals surface area (Å²) < 4.78 is 1.38. The average molecular weight is 482 g/mol. The summed E-state index contributed by atoms with van der Waals surface area (Å²) in [5.41, 5.74) is 3.90. The predicted octanol–water partition coefficient (Wildman–Crippen LogP) is 4.49. The van der Waals surface area contributed by atoms with E-state index in [-0.39, 0.29) is 24.6 Å². The highest BCUT2D eigenvalue weighted by Crippen LogP contribution is 2.27. The van der Waals surface area contributed by atoms with Crippen molar-refractivity contribution in [2.75, 3.05) is 17.2 Å². The van der Waals surface area contributed by atoms with Crippen LogP contribution in [0.4, 0.5) is 17.1 Å². The zero-order valence-electron chi connectivity index (χ0n) is 20.4. The normalized spacial score (nSPS) is 11.2. The first-order valence-corrected chi connectivity index (χ1v) is 11.5. The monoisotopic (exact) mass is 481 g/mol. The number of benzene rings is 3. The van der Waals surface area contributed by atoms with Crippen molar-refractivity contribution in [1.82, 2.24) is 9.55 Å². The van der Waals surface area contributed by atoms with Gasteiger partial charge in [-0.3, -0.25) is 14.2 Å². The van der Waals surface area contributed by atoms with E-state index in [1.54, 1.807) is 30.3 Å². The predicted molar refractivity (Wildman–Crippen MR) is 141 cm³/mol. The van der Waals surface area contributed by atoms with E-state index in [2.05, 4.69) is 21.7 Å². The van der Waals surface area contributed by atoms with Crippen LogP contribution >= 0.6 is 0 Å². The van der Waals surface area contributed by atoms with E-state index in [0.29, 0.717) is 27.8 Å². The number of anilines is 3. The Labute approximate surface area is 208 Å². The molecular weight excluding hydrogens is 454 g/mol. The summed E-state index contributed by atoms with van der Waals surface area (Å²) in [5, 5.41) is 25.3. The van der Waals surface area contributed by atoms with E-state index in [4.69, 9.17) is 0 Å². The number of aliphatic hydroxyl groups is 1. The second-order valence-electron chi connectivity index (χ2n) is 9.13. The van der Waals surface area contributed by atoms with Crippen molar-refractivity contribution in [3.8, 4) is 6.07 Å². The Morgan fingerprint density at radius 2 is 1.89 bits per heavy atom. The van der Waals surface area contributed by atoms with Crippen LogP contribution in [0.3, 0.4) is 0 Å². The number of nitrogens with zero attached hydrogens (tertiary/aromatic N) is 3. The van der Waals surface area contributed by atoms with E-state index < -0.39 is 5.41 Å². The van der Waals surface area contributed by atoms with Gasteiger partial charge in [0.1, 0.15) is 0 Å². The average Bonchev–Trinajstić information content (AvgIpc) is 2.88. The molecule has 4 aromatic rings. The lowest BCUT2D eigenvalue weighted by Crippen LogP contribution is -2.22. The van der Waals surface area contributed by atoms with Crippen molar-refractivity contribution in [2.24, 2.45) is 0 Å². The van der Waals surface area contributed by atoms with Crippen LogP contribution in [-0.4, -0.2) is 27.2 Å². The molecule has 8 heteroatoms. The topological polar surface area (TPSA) is 120 Å². The van der Waals surface area contributed by atoms with Crippen molar-refractivity contribution >= 4 is 33.9 Å². The number of carbonyl (C=O) groups excluding carboxylic acids is 1. The summed E-state index contributed by atoms with van der Waals surface area (Å²) in [5.74, 6) is -0.276. The minimum absolute atomic E-state index is 0.150. The Kier molecular flexibility index (Phi) is 6.86. The molecule has 3 N–H and O–H groups in total. The Morgan fingerprint density at radius 1 is 1.11 bits per heavy atom. The summed E-state index contributed by atoms with van der Waals surface area (Å²) in [4.78, 5) is 29.9. The van der Waals surface area contributed by atoms with E-state index in [0.717, 1.165) is 16.8 Å². The molecule has 0 fully saturated rings. The molecule has 3 aromatic carbocycles. The molecular formula is C28H27N5O3. The molecule has 0 aliphatic rings. The highest BCUT2D eigenvalue weighted by molar-refractivity contribution is 6.04. The maximum Gasteiger partial charge on any atom is 0.261 e. The fourth-order valence-electron chi connectivity index (χ4n) is 3.81. The minimum Gasteiger partial charge on any atom is -0.395 e. The zero-order valence-corrected chi connectivity index (χ0v) is 20.4. The van der Waals surface area contributed by atoms with E-state index >= 15 is 0 Å². The van der Waals surface area contributed by atoms with Crippen LogP contribution in [0.15, 0.2) is 71.8 Å². The number of nitrogens with one attached hydrogen (secondary N) is 2. The molecule has 0 atom stereocenters. The fraction of sp³-hybridized carbons (Fsp3) is 0.214. The third-order valence-electron chi connectivity index (χ3n) is 6.07. The van der Waals surface area contributed by atoms with Crippen molar-refractivity contribution in [1.29, 1.82) is 5.26 Å². The van der Waals surface area contributed by atoms with Gasteiger partial charge in [0.05, 0.1) is 41.9 Å². The SMILES string of the molecule is Cc1ccc(NC(=O)c2cccc(C(C)(C)C#N)c2)cc1Nc1ccc2ncn(CCO)c(=O)c2c1. The van der Waals surface area contributed by atoms with Crippen LogP contribution in [0.5, 0.6) is 0 Å². The molecule has 0 spiro atoms. The van der Waals surface area contributed by atoms with Gasteiger partial charge in [-0.2, -0.15) is 5.26 Å². The van der Waals surface area contributed by atoms with Gasteiger partial charge in [0.15, 0.2) is 0 Å². The van der Waals surface area contributed by atoms with Gasteiger partial charge >= 0.3 is 0 Å². The Morgan fingerprint density at radius 3 is 2.64 bits per heavy atom. The lowest BCUT2D eigenvalue weighted by atomic mass is 9.85. The summed E-state index contributed by atoms with van der Waals surface area (Å²) >= 11 is 0. The summed E-state index contributed by atoms with van der Waals surface area (Å²) in [6.45, 7) is 5.60. The maximum absolute atomic E-state index is 12.9. The van der Waals surface area contributed by atoms with Crippen LogP contribution in [0.2, 0.25) is 0 Å². The first kappa shape index (κ1) is 24.6. The molecule has 0 aliphatic carbocycles. The third-order valence-corrected chi connectivity index (χ3v) is 6.07. The number of carbonyl (C=O) groups is 1. The van der Waals surface area contributed by atoms with Crippen LogP contribution in [0, 0.1) is 18.3 Å². The fourth-order valence-corrected chi connectivity index (χ4v) is 3.81. The molecule has 0 radical (unpaired) electrons. The first-order valence-electron chi connectivity index (χ1n) is 11.5. The van der Waals surface area contributed by atoms with E-state index in [1.807, 2.05) is 51.1 Å². The smallest absolute Gasteiger partial charge is 0.261 e. The Bertz CT molecular complexity index is 1550. The van der Waals surface area contributed by atoms with Gasteiger partial charge in [-0.15, -0.1) is 0 Å². The number of rotatable bonds is 7. The van der Waals surface area contributed by atoms with Crippen molar-refractivity contribution in [3.05, 3.63) is 94.0 Å². The summed E-state index contributed by atoms with van der Waals surface area (Å²) in [6, 6.07) is 20.2. The number of aromatic nitrogens is 2. The van der Waals surface area contributed by atoms with Gasteiger partial charge in [0.2, 0.25) is 0 Å². The van der Waals surface area contributed by atoms with Crippen LogP contribution < -0.4 is 16.2 Å². The molecule has 36 heavy (non-hydrogen) atoms. The second kappa shape index (κ2) is 10.0. The van der Waals surface area contributed by atoms with Gasteiger partial charge in [-0.05, 0) is 74.4 Å². The minimum atomic E-state index is -0.700. The lowest BCUT2D eigenvalue weighted by molar-refractivity contribution is 0.102. The van der Waals surface area contributed by atoms with Crippen LogP contribution in [-0.2, 0) is 12.0 Å². The van der Waals surface area contributed by atoms with E-state index in [1.165, 1.54) is 10.9 Å². The number of hydrogen-bond acceptors (Lipinski definition) is 6. The summed E-state index contributed by atoms with van der Waals surface area (Å²) in [6.07, 6.45) is 1.43. The molecule has 0 saturated carbocycles. The largest absolute Gasteiger partial charge is 0.395 e. The quantitative estimate of drug-likeness (QED) is 0.358. The highest BCUT2D eigenvalue weighted by atomic mass is 16.3. The van der Waals surface area contributed by atoms with Gasteiger partial charge < -0.3 is 15.7 Å². The maximum atomic E-state index is 12.9. The number of aryl methyl sites for hydroxylation is 1. The molecule has 0 aliphatic heterocycles. The number of nitriles is 1. The van der Waals surface area contributed by atoms with Gasteiger partial charge in [-0.25, -0.2) is 4.98 Å². The second-order valence-corrected chi connectivity index (χ2v) is 9.13. The standard InChI is InChI=1S/C28H27N5O3/c1-18-7-8-22(32-26(35)19-5-4-6-20(13-19)28(2,3)16-29)15-25(18)31-21-9-10-24-23(14-21)27(36)33(11-12-34)17-30-24/h4-10,13-15,17,31,34H,11-12H2,1-3H3,(H,32,35). The molecule has 8 nitrogen and oxygen atoms in total. The molecule has 4 rings (SSSR count). The first-order chi connectivity index (χ1) is 17.2. The van der Waals surface area contributed by atoms with Crippen molar-refractivity contribution in [3.63, 3.8) is 0 Å². The van der Waals surface area contributed by atoms with Gasteiger partial charge in [-0.1, -0.05) is 18.2 Å². The third kappa shape index (κ3) is 5.11. The molecule has 1 aromatic heterocycles. The molecule has 0 saturated heterocycles. The molecule has 182 valence electrons. The van der Waals surface area contributed by atoms with Crippen LogP contribution in [0.25, 0.3) is 10.9 Å². The molecule has 1 amide bonds. The van der Waals surface area contributed by atoms with Gasteiger partial charge in [0, 0.05) is 22.6 Å². The number of fused-ring (bicyclic) bond motifs is 1.